The van der Waals surface area contributed by atoms with Gasteiger partial charge in [0.1, 0.15) is 5.82 Å². The average Bonchev–Trinajstić information content (AvgIpc) is 2.78. The van der Waals surface area contributed by atoms with Crippen molar-refractivity contribution in [1.82, 2.24) is 15.1 Å². The summed E-state index contributed by atoms with van der Waals surface area (Å²) in [6.07, 6.45) is 5.23. The van der Waals surface area contributed by atoms with E-state index < -0.39 is 0 Å². The fourth-order valence-electron chi connectivity index (χ4n) is 4.69. The monoisotopic (exact) mass is 487 g/mol. The van der Waals surface area contributed by atoms with Gasteiger partial charge in [0.2, 0.25) is 0 Å². The molecule has 4 rings (SSSR count). The summed E-state index contributed by atoms with van der Waals surface area (Å²) in [6.45, 7) is 4.68. The molecule has 4 nitrogen and oxygen atoms in total. The van der Waals surface area contributed by atoms with Crippen molar-refractivity contribution in [3.63, 3.8) is 0 Å². The maximum atomic E-state index is 13.5. The Hall–Kier alpha value is -1.92. The Bertz CT molecular complexity index is 870. The minimum Gasteiger partial charge on any atom is -0.335 e. The van der Waals surface area contributed by atoms with Crippen molar-refractivity contribution in [2.45, 2.75) is 44.7 Å². The highest BCUT2D eigenvalue weighted by molar-refractivity contribution is 9.10. The first-order chi connectivity index (χ1) is 15.1. The fourth-order valence-corrected chi connectivity index (χ4v) is 5.09. The highest BCUT2D eigenvalue weighted by Gasteiger charge is 2.26. The number of urea groups is 1. The van der Waals surface area contributed by atoms with E-state index in [0.717, 1.165) is 68.3 Å². The molecule has 0 radical (unpaired) electrons. The van der Waals surface area contributed by atoms with E-state index in [1.165, 1.54) is 11.6 Å². The second-order valence-electron chi connectivity index (χ2n) is 8.86. The van der Waals surface area contributed by atoms with Crippen LogP contribution in [-0.4, -0.2) is 48.1 Å². The van der Waals surface area contributed by atoms with Gasteiger partial charge < -0.3 is 15.1 Å². The van der Waals surface area contributed by atoms with Gasteiger partial charge in [-0.1, -0.05) is 46.3 Å². The molecule has 166 valence electrons. The van der Waals surface area contributed by atoms with Crippen LogP contribution in [0.4, 0.5) is 9.18 Å². The Morgan fingerprint density at radius 3 is 2.55 bits per heavy atom. The van der Waals surface area contributed by atoms with Gasteiger partial charge in [0.15, 0.2) is 0 Å². The van der Waals surface area contributed by atoms with Crippen LogP contribution >= 0.6 is 15.9 Å². The molecule has 0 aliphatic carbocycles. The highest BCUT2D eigenvalue weighted by Crippen LogP contribution is 2.27. The third kappa shape index (κ3) is 6.30. The van der Waals surface area contributed by atoms with Crippen LogP contribution in [0.15, 0.2) is 53.0 Å². The van der Waals surface area contributed by atoms with Gasteiger partial charge in [-0.2, -0.15) is 0 Å². The normalized spacial score (nSPS) is 20.6. The lowest BCUT2D eigenvalue weighted by atomic mass is 9.90. The number of carbonyl (C=O) groups excluding carboxylic acids is 1. The Labute approximate surface area is 192 Å². The van der Waals surface area contributed by atoms with Gasteiger partial charge in [0, 0.05) is 30.1 Å². The summed E-state index contributed by atoms with van der Waals surface area (Å²) >= 11 is 3.55. The summed E-state index contributed by atoms with van der Waals surface area (Å²) in [5.41, 5.74) is 2.24. The number of carbonyl (C=O) groups is 1. The van der Waals surface area contributed by atoms with E-state index in [1.54, 1.807) is 12.1 Å². The molecule has 0 spiro atoms. The van der Waals surface area contributed by atoms with E-state index in [4.69, 9.17) is 0 Å². The first-order valence-corrected chi connectivity index (χ1v) is 12.1. The quantitative estimate of drug-likeness (QED) is 0.581. The molecule has 2 aliphatic heterocycles. The number of nitrogens with one attached hydrogen (secondary N) is 1. The predicted octanol–water partition coefficient (Wildman–Crippen LogP) is 5.22. The van der Waals surface area contributed by atoms with Crippen LogP contribution in [0.1, 0.15) is 36.8 Å². The third-order valence-corrected chi connectivity index (χ3v) is 7.37. The molecule has 31 heavy (non-hydrogen) atoms. The topological polar surface area (TPSA) is 35.6 Å². The number of rotatable bonds is 7. The lowest BCUT2D eigenvalue weighted by molar-refractivity contribution is 0.153. The number of amides is 2. The SMILES string of the molecule is O=C1NC(CCN2CCC(Cc3cc(F)ccc3Br)CC2)CCN1Cc1ccccc1. The standard InChI is InChI=1S/C25H31BrFN3O/c26-24-7-6-22(27)17-21(24)16-19-8-12-29(13-9-19)14-10-23-11-15-30(25(31)28-23)18-20-4-2-1-3-5-20/h1-7,17,19,23H,8-16,18H2,(H,28,31). The minimum atomic E-state index is -0.160. The van der Waals surface area contributed by atoms with Crippen LogP contribution in [-0.2, 0) is 13.0 Å². The molecule has 1 unspecified atom stereocenters. The predicted molar refractivity (Wildman–Crippen MR) is 125 cm³/mol. The second kappa shape index (κ2) is 10.6. The second-order valence-corrected chi connectivity index (χ2v) is 9.71. The zero-order valence-electron chi connectivity index (χ0n) is 17.9. The molecule has 6 heteroatoms. The maximum Gasteiger partial charge on any atom is 0.317 e. The molecular formula is C25H31BrFN3O. The van der Waals surface area contributed by atoms with Gasteiger partial charge in [0.25, 0.3) is 0 Å². The highest BCUT2D eigenvalue weighted by atomic mass is 79.9. The van der Waals surface area contributed by atoms with Crippen molar-refractivity contribution in [2.75, 3.05) is 26.2 Å². The van der Waals surface area contributed by atoms with Crippen LogP contribution in [0.2, 0.25) is 0 Å². The van der Waals surface area contributed by atoms with E-state index >= 15 is 0 Å². The van der Waals surface area contributed by atoms with Crippen molar-refractivity contribution in [3.05, 3.63) is 69.9 Å². The largest absolute Gasteiger partial charge is 0.335 e. The number of benzene rings is 2. The van der Waals surface area contributed by atoms with Gasteiger partial charge in [0.05, 0.1) is 0 Å². The molecule has 2 heterocycles. The molecule has 2 aliphatic rings. The summed E-state index contributed by atoms with van der Waals surface area (Å²) in [5.74, 6) is 0.447. The van der Waals surface area contributed by atoms with Gasteiger partial charge in [-0.15, -0.1) is 0 Å². The smallest absolute Gasteiger partial charge is 0.317 e. The van der Waals surface area contributed by atoms with Crippen molar-refractivity contribution in [3.8, 4) is 0 Å². The zero-order chi connectivity index (χ0) is 21.6. The first-order valence-electron chi connectivity index (χ1n) is 11.3. The molecular weight excluding hydrogens is 457 g/mol. The lowest BCUT2D eigenvalue weighted by Gasteiger charge is -2.36. The molecule has 2 aromatic rings. The summed E-state index contributed by atoms with van der Waals surface area (Å²) < 4.78 is 14.5. The molecule has 2 amide bonds. The summed E-state index contributed by atoms with van der Waals surface area (Å²) in [6, 6.07) is 15.4. The van der Waals surface area contributed by atoms with E-state index in [-0.39, 0.29) is 17.9 Å². The van der Waals surface area contributed by atoms with Crippen LogP contribution < -0.4 is 5.32 Å². The summed E-state index contributed by atoms with van der Waals surface area (Å²) in [7, 11) is 0. The molecule has 2 aromatic carbocycles. The van der Waals surface area contributed by atoms with Gasteiger partial charge in [-0.25, -0.2) is 9.18 Å². The Balaban J connectivity index is 1.17. The summed E-state index contributed by atoms with van der Waals surface area (Å²) in [5, 5.41) is 3.20. The van der Waals surface area contributed by atoms with Gasteiger partial charge in [-0.05, 0) is 80.4 Å². The number of piperidine rings is 1. The fraction of sp³-hybridized carbons (Fsp3) is 0.480. The van der Waals surface area contributed by atoms with Crippen LogP contribution in [0.25, 0.3) is 0 Å². The number of halogens is 2. The molecule has 1 atom stereocenters. The zero-order valence-corrected chi connectivity index (χ0v) is 19.5. The number of nitrogens with zero attached hydrogens (tertiary/aromatic N) is 2. The lowest BCUT2D eigenvalue weighted by Crippen LogP contribution is -2.52. The van der Waals surface area contributed by atoms with E-state index in [0.29, 0.717) is 12.5 Å². The molecule has 0 saturated carbocycles. The van der Waals surface area contributed by atoms with Crippen molar-refractivity contribution >= 4 is 22.0 Å². The van der Waals surface area contributed by atoms with E-state index in [2.05, 4.69) is 38.3 Å². The maximum absolute atomic E-state index is 13.5. The van der Waals surface area contributed by atoms with E-state index in [9.17, 15) is 9.18 Å². The number of likely N-dealkylation sites (tertiary alicyclic amines) is 1. The third-order valence-electron chi connectivity index (χ3n) is 6.60. The number of hydrogen-bond donors (Lipinski definition) is 1. The minimum absolute atomic E-state index is 0.0551. The first kappa shape index (κ1) is 22.3. The Morgan fingerprint density at radius 1 is 1.03 bits per heavy atom. The molecule has 0 aromatic heterocycles. The Kier molecular flexibility index (Phi) is 7.62. The van der Waals surface area contributed by atoms with Gasteiger partial charge in [-0.3, -0.25) is 0 Å². The number of hydrogen-bond acceptors (Lipinski definition) is 2. The Morgan fingerprint density at radius 2 is 1.81 bits per heavy atom. The molecule has 2 saturated heterocycles. The van der Waals surface area contributed by atoms with E-state index in [1.807, 2.05) is 23.1 Å². The molecule has 0 bridgehead atoms. The van der Waals surface area contributed by atoms with Crippen molar-refractivity contribution < 1.29 is 9.18 Å². The van der Waals surface area contributed by atoms with Crippen LogP contribution in [0.5, 0.6) is 0 Å². The van der Waals surface area contributed by atoms with Gasteiger partial charge >= 0.3 is 6.03 Å². The molecule has 1 N–H and O–H groups in total. The average molecular weight is 488 g/mol. The van der Waals surface area contributed by atoms with Crippen LogP contribution in [0.3, 0.4) is 0 Å². The van der Waals surface area contributed by atoms with Crippen LogP contribution in [0, 0.1) is 11.7 Å². The summed E-state index contributed by atoms with van der Waals surface area (Å²) in [4.78, 5) is 16.9. The van der Waals surface area contributed by atoms with Crippen molar-refractivity contribution in [1.29, 1.82) is 0 Å². The molecule has 2 fully saturated rings. The van der Waals surface area contributed by atoms with Crippen molar-refractivity contribution in [2.24, 2.45) is 5.92 Å².